The van der Waals surface area contributed by atoms with Gasteiger partial charge in [0.1, 0.15) is 17.7 Å². The van der Waals surface area contributed by atoms with Crippen LogP contribution in [0.15, 0.2) is 61.1 Å². The zero-order chi connectivity index (χ0) is 41.6. The molecule has 0 bridgehead atoms. The number of nitrogens with one attached hydrogen (secondary N) is 6. The molecule has 2 saturated heterocycles. The Kier molecular flexibility index (Phi) is 12.2. The number of anilines is 4. The lowest BCUT2D eigenvalue weighted by Crippen LogP contribution is -2.61. The topological polar surface area (TPSA) is 238 Å². The smallest absolute Gasteiger partial charge is 0.264 e. The number of carbonyl (C=O) groups is 6. The van der Waals surface area contributed by atoms with Crippen molar-refractivity contribution in [1.82, 2.24) is 40.7 Å². The van der Waals surface area contributed by atoms with Crippen molar-refractivity contribution >= 4 is 69.4 Å². The van der Waals surface area contributed by atoms with Crippen LogP contribution in [0.5, 0.6) is 0 Å². The minimum Gasteiger partial charge on any atom is -0.382 e. The van der Waals surface area contributed by atoms with Gasteiger partial charge in [-0.25, -0.2) is 9.97 Å². The highest BCUT2D eigenvalue weighted by Gasteiger charge is 2.45. The fourth-order valence-corrected chi connectivity index (χ4v) is 7.25. The van der Waals surface area contributed by atoms with Gasteiger partial charge in [-0.15, -0.1) is 0 Å². The maximum absolute atomic E-state index is 13.3. The van der Waals surface area contributed by atoms with E-state index in [-0.39, 0.29) is 48.4 Å². The second-order valence-electron chi connectivity index (χ2n) is 15.0. The van der Waals surface area contributed by atoms with Crippen LogP contribution >= 0.6 is 0 Å². The van der Waals surface area contributed by atoms with Crippen LogP contribution in [0, 0.1) is 0 Å². The fourth-order valence-electron chi connectivity index (χ4n) is 7.25. The first-order valence-electron chi connectivity index (χ1n) is 20.0. The van der Waals surface area contributed by atoms with Gasteiger partial charge in [-0.1, -0.05) is 6.07 Å². The first-order chi connectivity index (χ1) is 29.2. The fraction of sp³-hybridized carbons (Fsp3) is 0.390. The van der Waals surface area contributed by atoms with E-state index in [4.69, 9.17) is 9.47 Å². The molecule has 4 aromatic rings. The minimum atomic E-state index is -1.03. The Bertz CT molecular complexity index is 2320. The predicted octanol–water partition coefficient (Wildman–Crippen LogP) is 1.42. The molecule has 6 amide bonds. The molecule has 0 radical (unpaired) electrons. The van der Waals surface area contributed by atoms with Crippen LogP contribution in [0.1, 0.15) is 56.8 Å². The van der Waals surface area contributed by atoms with Gasteiger partial charge >= 0.3 is 0 Å². The first-order valence-corrected chi connectivity index (χ1v) is 20.0. The van der Waals surface area contributed by atoms with E-state index in [1.165, 1.54) is 6.07 Å². The highest BCUT2D eigenvalue weighted by molar-refractivity contribution is 6.25. The van der Waals surface area contributed by atoms with E-state index < -0.39 is 29.7 Å². The number of piperidine rings is 1. The molecule has 1 saturated carbocycles. The lowest BCUT2D eigenvalue weighted by atomic mass is 10.0. The van der Waals surface area contributed by atoms with Gasteiger partial charge in [0.15, 0.2) is 0 Å². The molecule has 0 spiro atoms. The highest BCUT2D eigenvalue weighted by atomic mass is 16.5. The Balaban J connectivity index is 0.686. The van der Waals surface area contributed by atoms with E-state index in [2.05, 4.69) is 46.9 Å². The molecule has 8 rings (SSSR count). The summed E-state index contributed by atoms with van der Waals surface area (Å²) in [5, 5.41) is 18.8. The second kappa shape index (κ2) is 18.1. The number of ether oxygens (including phenoxy) is 2. The number of pyridine rings is 3. The average molecular weight is 820 g/mol. The van der Waals surface area contributed by atoms with E-state index in [1.54, 1.807) is 30.7 Å². The molecule has 1 aromatic carbocycles. The highest BCUT2D eigenvalue weighted by Crippen LogP contribution is 2.33. The maximum atomic E-state index is 13.3. The van der Waals surface area contributed by atoms with Gasteiger partial charge in [-0.3, -0.25) is 48.9 Å². The number of amides is 6. The summed E-state index contributed by atoms with van der Waals surface area (Å²) < 4.78 is 11.2. The Morgan fingerprint density at radius 1 is 0.850 bits per heavy atom. The number of carbonyl (C=O) groups excluding carboxylic acids is 6. The van der Waals surface area contributed by atoms with Gasteiger partial charge in [0.05, 0.1) is 66.9 Å². The zero-order valence-corrected chi connectivity index (χ0v) is 32.7. The molecule has 1 atom stereocenters. The van der Waals surface area contributed by atoms with Gasteiger partial charge in [0.25, 0.3) is 17.7 Å². The van der Waals surface area contributed by atoms with Crippen LogP contribution in [0.25, 0.3) is 10.9 Å². The molecule has 1 aliphatic carbocycles. The molecule has 3 aliphatic heterocycles. The maximum Gasteiger partial charge on any atom is 0.264 e. The number of rotatable bonds is 19. The number of aromatic nitrogens is 3. The van der Waals surface area contributed by atoms with Crippen LogP contribution in [0.4, 0.5) is 23.0 Å². The monoisotopic (exact) mass is 819 g/mol. The largest absolute Gasteiger partial charge is 0.382 e. The molecule has 6 N–H and O–H groups in total. The lowest BCUT2D eigenvalue weighted by Gasteiger charge is -2.39. The van der Waals surface area contributed by atoms with Gasteiger partial charge in [-0.05, 0) is 49.6 Å². The zero-order valence-electron chi connectivity index (χ0n) is 32.7. The van der Waals surface area contributed by atoms with E-state index in [9.17, 15) is 28.8 Å². The van der Waals surface area contributed by atoms with Gasteiger partial charge in [0, 0.05) is 74.4 Å². The minimum absolute atomic E-state index is 0.0500. The van der Waals surface area contributed by atoms with E-state index in [0.29, 0.717) is 87.2 Å². The van der Waals surface area contributed by atoms with Crippen molar-refractivity contribution in [2.24, 2.45) is 0 Å². The third-order valence-corrected chi connectivity index (χ3v) is 10.5. The van der Waals surface area contributed by atoms with E-state index >= 15 is 0 Å². The summed E-state index contributed by atoms with van der Waals surface area (Å²) in [5.74, 6) is -1.40. The molecule has 312 valence electrons. The van der Waals surface area contributed by atoms with Crippen molar-refractivity contribution in [2.75, 3.05) is 75.1 Å². The summed E-state index contributed by atoms with van der Waals surface area (Å²) in [6.07, 6.45) is 7.24. The Morgan fingerprint density at radius 3 is 2.47 bits per heavy atom. The van der Waals surface area contributed by atoms with Crippen molar-refractivity contribution in [3.05, 3.63) is 77.7 Å². The van der Waals surface area contributed by atoms with Gasteiger partial charge < -0.3 is 36.1 Å². The first kappa shape index (κ1) is 40.2. The van der Waals surface area contributed by atoms with Gasteiger partial charge in [-0.2, -0.15) is 0 Å². The molecule has 19 nitrogen and oxygen atoms in total. The molecule has 3 fully saturated rings. The average Bonchev–Trinajstić information content (AvgIpc) is 4.01. The number of nitrogens with zero attached hydrogens (tertiary/aromatic N) is 5. The summed E-state index contributed by atoms with van der Waals surface area (Å²) in [7, 11) is 0. The molecule has 3 aromatic heterocycles. The number of fused-ring (bicyclic) bond motifs is 2. The molecule has 4 aliphatic rings. The molecule has 1 unspecified atom stereocenters. The normalized spacial score (nSPS) is 17.9. The van der Waals surface area contributed by atoms with Crippen LogP contribution < -0.4 is 31.9 Å². The van der Waals surface area contributed by atoms with Crippen LogP contribution in [0.2, 0.25) is 0 Å². The molecular weight excluding hydrogens is 775 g/mol. The molecular formula is C41H45N11O8. The standard InChI is InChI=1S/C41H45N11O8/c53-35-9-7-32(39(56)50-35)52-40(57)27-2-1-3-30(37(27)41(52)58)43-12-14-59-16-17-60-15-13-44-36(54)23-51-21-26(22-51)47-38(55)28-20-45-34(18-31(28)46-25-5-6-25)49-33-8-4-24-19-42-11-10-29(24)48-33/h1-4,8,10-11,18-20,25-26,32,43H,5-7,9,12-17,21-23H2,(H,44,54)(H,47,55)(H,50,53,56)(H2,45,46,48,49). The van der Waals surface area contributed by atoms with Crippen LogP contribution in [0.3, 0.4) is 0 Å². The third-order valence-electron chi connectivity index (χ3n) is 10.5. The molecule has 19 heteroatoms. The SMILES string of the molecule is O=C(CN1CC(NC(=O)c2cnc(Nc3ccc4cnccc4n3)cc2NC2CC2)C1)NCCOCCOCCNc1cccc2c1C(=O)N(C1CCC(=O)NC1=O)C2=O. The number of hydrogen-bond donors (Lipinski definition) is 6. The van der Waals surface area contributed by atoms with Crippen molar-refractivity contribution in [2.45, 2.75) is 43.8 Å². The predicted molar refractivity (Wildman–Crippen MR) is 218 cm³/mol. The summed E-state index contributed by atoms with van der Waals surface area (Å²) in [6, 6.07) is 11.5. The summed E-state index contributed by atoms with van der Waals surface area (Å²) >= 11 is 0. The van der Waals surface area contributed by atoms with Crippen LogP contribution in [-0.4, -0.2) is 137 Å². The third kappa shape index (κ3) is 9.48. The Labute approximate surface area is 344 Å². The van der Waals surface area contributed by atoms with Crippen molar-refractivity contribution in [3.8, 4) is 0 Å². The van der Waals surface area contributed by atoms with E-state index in [1.807, 2.05) is 29.2 Å². The Hall–Kier alpha value is -6.57. The van der Waals surface area contributed by atoms with Crippen molar-refractivity contribution < 1.29 is 38.2 Å². The lowest BCUT2D eigenvalue weighted by molar-refractivity contribution is -0.136. The number of imide groups is 2. The van der Waals surface area contributed by atoms with Crippen LogP contribution in [-0.2, 0) is 23.9 Å². The van der Waals surface area contributed by atoms with Crippen molar-refractivity contribution in [1.29, 1.82) is 0 Å². The van der Waals surface area contributed by atoms with Gasteiger partial charge in [0.2, 0.25) is 17.7 Å². The van der Waals surface area contributed by atoms with E-state index in [0.717, 1.165) is 28.6 Å². The number of hydrogen-bond acceptors (Lipinski definition) is 15. The molecule has 60 heavy (non-hydrogen) atoms. The Morgan fingerprint density at radius 2 is 1.67 bits per heavy atom. The second-order valence-corrected chi connectivity index (χ2v) is 15.0. The van der Waals surface area contributed by atoms with Crippen molar-refractivity contribution in [3.63, 3.8) is 0 Å². The summed E-state index contributed by atoms with van der Waals surface area (Å²) in [5.41, 5.74) is 2.80. The molecule has 6 heterocycles. The summed E-state index contributed by atoms with van der Waals surface area (Å²) in [6.45, 7) is 3.19. The quantitative estimate of drug-likeness (QED) is 0.0580. The summed E-state index contributed by atoms with van der Waals surface area (Å²) in [4.78, 5) is 92.1. The number of likely N-dealkylation sites (tertiary alicyclic amines) is 1. The number of benzene rings is 1.